The summed E-state index contributed by atoms with van der Waals surface area (Å²) in [5, 5.41) is 9.94. The normalized spacial score (nSPS) is 22.4. The van der Waals surface area contributed by atoms with E-state index in [2.05, 4.69) is 20.5 Å². The maximum Gasteiger partial charge on any atom is 0.343 e. The van der Waals surface area contributed by atoms with Crippen molar-refractivity contribution in [3.63, 3.8) is 0 Å². The molecule has 0 radical (unpaired) electrons. The molecule has 27 heavy (non-hydrogen) atoms. The van der Waals surface area contributed by atoms with Crippen LogP contribution in [0, 0.1) is 11.8 Å². The maximum absolute atomic E-state index is 13.4. The van der Waals surface area contributed by atoms with Gasteiger partial charge in [0.1, 0.15) is 5.82 Å². The van der Waals surface area contributed by atoms with Crippen LogP contribution in [0.2, 0.25) is 0 Å². The van der Waals surface area contributed by atoms with Crippen LogP contribution in [-0.2, 0) is 0 Å². The lowest BCUT2D eigenvalue weighted by atomic mass is 9.94. The molecule has 2 aromatic rings. The number of hydrogen-bond donors (Lipinski definition) is 2. The quantitative estimate of drug-likeness (QED) is 0.841. The second-order valence-corrected chi connectivity index (χ2v) is 7.73. The van der Waals surface area contributed by atoms with Gasteiger partial charge in [0.25, 0.3) is 5.91 Å². The monoisotopic (exact) mass is 370 g/mol. The number of aromatic nitrogens is 4. The molecule has 1 amide bonds. The molecule has 1 saturated heterocycles. The van der Waals surface area contributed by atoms with Gasteiger partial charge >= 0.3 is 5.69 Å². The minimum Gasteiger partial charge on any atom is -0.372 e. The molecule has 1 saturated carbocycles. The molecule has 8 nitrogen and oxygen atoms in total. The topological polar surface area (TPSA) is 95.9 Å². The number of H-pyrrole nitrogens is 1. The van der Waals surface area contributed by atoms with Crippen molar-refractivity contribution in [2.45, 2.75) is 45.2 Å². The number of pyridine rings is 1. The van der Waals surface area contributed by atoms with E-state index in [4.69, 9.17) is 0 Å². The summed E-state index contributed by atoms with van der Waals surface area (Å²) in [7, 11) is 1.76. The zero-order chi connectivity index (χ0) is 19.1. The Morgan fingerprint density at radius 3 is 2.78 bits per heavy atom. The zero-order valence-corrected chi connectivity index (χ0v) is 16.0. The molecule has 8 heteroatoms. The Bertz CT molecular complexity index is 898. The Morgan fingerprint density at radius 2 is 2.11 bits per heavy atom. The minimum absolute atomic E-state index is 0.0186. The third kappa shape index (κ3) is 3.02. The summed E-state index contributed by atoms with van der Waals surface area (Å²) in [5.41, 5.74) is 0.335. The van der Waals surface area contributed by atoms with Crippen molar-refractivity contribution in [2.24, 2.45) is 11.8 Å². The average molecular weight is 370 g/mol. The van der Waals surface area contributed by atoms with E-state index in [0.717, 1.165) is 6.42 Å². The highest BCUT2D eigenvalue weighted by molar-refractivity contribution is 5.99. The molecule has 0 aromatic carbocycles. The highest BCUT2D eigenvalue weighted by atomic mass is 16.2. The van der Waals surface area contributed by atoms with Crippen molar-refractivity contribution in [1.29, 1.82) is 0 Å². The molecule has 2 fully saturated rings. The number of nitrogens with zero attached hydrogens (tertiary/aromatic N) is 4. The van der Waals surface area contributed by atoms with Crippen molar-refractivity contribution < 1.29 is 4.79 Å². The summed E-state index contributed by atoms with van der Waals surface area (Å²) in [5.74, 6) is 2.13. The van der Waals surface area contributed by atoms with E-state index in [9.17, 15) is 9.59 Å². The molecule has 2 N–H and O–H groups in total. The maximum atomic E-state index is 13.4. The summed E-state index contributed by atoms with van der Waals surface area (Å²) in [6.45, 7) is 4.60. The fraction of sp³-hybridized carbons (Fsp3) is 0.579. The van der Waals surface area contributed by atoms with Gasteiger partial charge in [-0.2, -0.15) is 5.10 Å². The Balaban J connectivity index is 1.76. The first kappa shape index (κ1) is 17.8. The third-order valence-electron chi connectivity index (χ3n) is 5.72. The summed E-state index contributed by atoms with van der Waals surface area (Å²) >= 11 is 0. The molecule has 4 rings (SSSR count). The Hall–Kier alpha value is -2.64. The molecule has 1 aliphatic heterocycles. The van der Waals surface area contributed by atoms with Gasteiger partial charge in [0.2, 0.25) is 0 Å². The van der Waals surface area contributed by atoms with Gasteiger partial charge in [0, 0.05) is 25.8 Å². The average Bonchev–Trinajstić information content (AvgIpc) is 3.30. The van der Waals surface area contributed by atoms with Gasteiger partial charge in [0.05, 0.1) is 11.6 Å². The van der Waals surface area contributed by atoms with Crippen molar-refractivity contribution in [1.82, 2.24) is 24.6 Å². The number of carbonyl (C=O) groups is 1. The number of likely N-dealkylation sites (tertiary alicyclic amines) is 1. The SMILES string of the molecule is CNc1ncccc1C(=O)N1CCC(C2CC2)C1c1n[nH]c(=O)n1C(C)C. The molecular formula is C19H26N6O2. The predicted octanol–water partition coefficient (Wildman–Crippen LogP) is 2.20. The molecular weight excluding hydrogens is 344 g/mol. The van der Waals surface area contributed by atoms with E-state index in [1.54, 1.807) is 29.9 Å². The summed E-state index contributed by atoms with van der Waals surface area (Å²) in [6.07, 6.45) is 4.99. The van der Waals surface area contributed by atoms with Gasteiger partial charge in [-0.15, -0.1) is 0 Å². The van der Waals surface area contributed by atoms with Gasteiger partial charge in [-0.3, -0.25) is 9.36 Å². The number of nitrogens with one attached hydrogen (secondary N) is 2. The summed E-state index contributed by atoms with van der Waals surface area (Å²) in [4.78, 5) is 31.9. The van der Waals surface area contributed by atoms with Crippen LogP contribution in [0.5, 0.6) is 0 Å². The fourth-order valence-corrected chi connectivity index (χ4v) is 4.35. The second-order valence-electron chi connectivity index (χ2n) is 7.73. The van der Waals surface area contributed by atoms with E-state index in [1.807, 2.05) is 18.7 Å². The lowest BCUT2D eigenvalue weighted by Gasteiger charge is -2.29. The number of amides is 1. The zero-order valence-electron chi connectivity index (χ0n) is 16.0. The first-order valence-electron chi connectivity index (χ1n) is 9.63. The number of rotatable bonds is 5. The molecule has 144 valence electrons. The van der Waals surface area contributed by atoms with Crippen molar-refractivity contribution >= 4 is 11.7 Å². The van der Waals surface area contributed by atoms with Crippen LogP contribution in [0.1, 0.15) is 61.4 Å². The summed E-state index contributed by atoms with van der Waals surface area (Å²) < 4.78 is 1.69. The van der Waals surface area contributed by atoms with Crippen molar-refractivity contribution in [3.8, 4) is 0 Å². The standard InChI is InChI=1S/C19H26N6O2/c1-11(2)25-17(22-23-19(25)27)15-13(12-6-7-12)8-10-24(15)18(26)14-5-4-9-21-16(14)20-3/h4-5,9,11-13,15H,6-8,10H2,1-3H3,(H,20,21)(H,23,27). The molecule has 2 aliphatic rings. The molecule has 0 bridgehead atoms. The Morgan fingerprint density at radius 1 is 1.33 bits per heavy atom. The van der Waals surface area contributed by atoms with Crippen LogP contribution < -0.4 is 11.0 Å². The first-order valence-corrected chi connectivity index (χ1v) is 9.63. The lowest BCUT2D eigenvalue weighted by Crippen LogP contribution is -2.36. The van der Waals surface area contributed by atoms with Crippen molar-refractivity contribution in [3.05, 3.63) is 40.2 Å². The predicted molar refractivity (Wildman–Crippen MR) is 102 cm³/mol. The van der Waals surface area contributed by atoms with E-state index in [-0.39, 0.29) is 23.7 Å². The van der Waals surface area contributed by atoms with Crippen molar-refractivity contribution in [2.75, 3.05) is 18.9 Å². The molecule has 1 aliphatic carbocycles. The number of carbonyl (C=O) groups excluding carboxylic acids is 1. The van der Waals surface area contributed by atoms with Crippen LogP contribution in [0.15, 0.2) is 23.1 Å². The largest absolute Gasteiger partial charge is 0.372 e. The van der Waals surface area contributed by atoms with Crippen LogP contribution in [0.3, 0.4) is 0 Å². The highest BCUT2D eigenvalue weighted by Gasteiger charge is 2.48. The first-order chi connectivity index (χ1) is 13.0. The molecule has 0 spiro atoms. The van der Waals surface area contributed by atoms with Gasteiger partial charge < -0.3 is 10.2 Å². The van der Waals surface area contributed by atoms with Gasteiger partial charge in [-0.05, 0) is 57.1 Å². The Labute approximate surface area is 158 Å². The number of hydrogen-bond acceptors (Lipinski definition) is 5. The van der Waals surface area contributed by atoms with Gasteiger partial charge in [-0.1, -0.05) is 0 Å². The summed E-state index contributed by atoms with van der Waals surface area (Å²) in [6, 6.07) is 3.37. The molecule has 2 unspecified atom stereocenters. The second kappa shape index (κ2) is 6.83. The highest BCUT2D eigenvalue weighted by Crippen LogP contribution is 2.50. The number of anilines is 1. The molecule has 2 atom stereocenters. The smallest absolute Gasteiger partial charge is 0.343 e. The third-order valence-corrected chi connectivity index (χ3v) is 5.72. The molecule has 3 heterocycles. The fourth-order valence-electron chi connectivity index (χ4n) is 4.35. The van der Waals surface area contributed by atoms with Gasteiger partial charge in [0.15, 0.2) is 5.82 Å². The Kier molecular flexibility index (Phi) is 4.49. The van der Waals surface area contributed by atoms with Crippen LogP contribution >= 0.6 is 0 Å². The van der Waals surface area contributed by atoms with E-state index >= 15 is 0 Å². The van der Waals surface area contributed by atoms with Crippen LogP contribution in [-0.4, -0.2) is 44.1 Å². The lowest BCUT2D eigenvalue weighted by molar-refractivity contribution is 0.0700. The number of aromatic amines is 1. The van der Waals surface area contributed by atoms with E-state index in [0.29, 0.717) is 35.6 Å². The van der Waals surface area contributed by atoms with E-state index < -0.39 is 0 Å². The molecule has 2 aromatic heterocycles. The van der Waals surface area contributed by atoms with Crippen LogP contribution in [0.4, 0.5) is 5.82 Å². The minimum atomic E-state index is -0.217. The van der Waals surface area contributed by atoms with E-state index in [1.165, 1.54) is 12.8 Å². The van der Waals surface area contributed by atoms with Gasteiger partial charge in [-0.25, -0.2) is 14.9 Å². The van der Waals surface area contributed by atoms with Crippen LogP contribution in [0.25, 0.3) is 0 Å².